The summed E-state index contributed by atoms with van der Waals surface area (Å²) in [7, 11) is 0. The third-order valence-electron chi connectivity index (χ3n) is 2.12. The van der Waals surface area contributed by atoms with Crippen LogP contribution < -0.4 is 0 Å². The molecule has 0 atom stereocenters. The summed E-state index contributed by atoms with van der Waals surface area (Å²) in [5.74, 6) is 0.596. The number of H-pyrrole nitrogens is 1. The smallest absolute Gasteiger partial charge is 0.166 e. The van der Waals surface area contributed by atoms with E-state index in [-0.39, 0.29) is 0 Å². The zero-order valence-electron chi connectivity index (χ0n) is 8.55. The lowest BCUT2D eigenvalue weighted by Gasteiger charge is -2.01. The van der Waals surface area contributed by atoms with Crippen molar-refractivity contribution in [3.05, 3.63) is 23.0 Å². The molecule has 0 unspecified atom stereocenters. The van der Waals surface area contributed by atoms with E-state index in [0.29, 0.717) is 5.92 Å². The van der Waals surface area contributed by atoms with E-state index in [4.69, 9.17) is 0 Å². The van der Waals surface area contributed by atoms with Crippen molar-refractivity contribution in [3.63, 3.8) is 0 Å². The SMILES string of the molecule is CCc1cc(CC(C)C)c(C=O)[nH]1. The van der Waals surface area contributed by atoms with Crippen molar-refractivity contribution in [3.8, 4) is 0 Å². The molecule has 0 spiro atoms. The van der Waals surface area contributed by atoms with Crippen LogP contribution in [0.5, 0.6) is 0 Å². The van der Waals surface area contributed by atoms with Gasteiger partial charge in [0, 0.05) is 5.69 Å². The highest BCUT2D eigenvalue weighted by atomic mass is 16.1. The summed E-state index contributed by atoms with van der Waals surface area (Å²) in [5.41, 5.74) is 3.06. The predicted molar refractivity (Wildman–Crippen MR) is 54.1 cm³/mol. The van der Waals surface area contributed by atoms with E-state index in [1.54, 1.807) is 0 Å². The van der Waals surface area contributed by atoms with E-state index in [1.807, 2.05) is 0 Å². The van der Waals surface area contributed by atoms with E-state index in [9.17, 15) is 4.79 Å². The van der Waals surface area contributed by atoms with Crippen LogP contribution in [-0.2, 0) is 12.8 Å². The molecule has 0 aliphatic heterocycles. The second-order valence-electron chi connectivity index (χ2n) is 3.80. The maximum Gasteiger partial charge on any atom is 0.166 e. The van der Waals surface area contributed by atoms with Crippen molar-refractivity contribution >= 4 is 6.29 Å². The van der Waals surface area contributed by atoms with Crippen LogP contribution in [-0.4, -0.2) is 11.3 Å². The third-order valence-corrected chi connectivity index (χ3v) is 2.12. The number of hydrogen-bond donors (Lipinski definition) is 1. The van der Waals surface area contributed by atoms with Crippen LogP contribution in [0.3, 0.4) is 0 Å². The number of rotatable bonds is 4. The minimum atomic E-state index is 0.596. The van der Waals surface area contributed by atoms with Crippen LogP contribution in [0.25, 0.3) is 0 Å². The Hall–Kier alpha value is -1.05. The second-order valence-corrected chi connectivity index (χ2v) is 3.80. The van der Waals surface area contributed by atoms with Crippen LogP contribution in [0.1, 0.15) is 42.5 Å². The monoisotopic (exact) mass is 179 g/mol. The highest BCUT2D eigenvalue weighted by molar-refractivity contribution is 5.74. The van der Waals surface area contributed by atoms with E-state index in [1.165, 1.54) is 0 Å². The number of aromatic amines is 1. The average molecular weight is 179 g/mol. The van der Waals surface area contributed by atoms with Crippen molar-refractivity contribution in [1.29, 1.82) is 0 Å². The van der Waals surface area contributed by atoms with Gasteiger partial charge in [-0.25, -0.2) is 0 Å². The molecule has 72 valence electrons. The minimum absolute atomic E-state index is 0.596. The first-order chi connectivity index (χ1) is 6.17. The zero-order chi connectivity index (χ0) is 9.84. The van der Waals surface area contributed by atoms with Gasteiger partial charge in [-0.2, -0.15) is 0 Å². The molecule has 2 heteroatoms. The number of aromatic nitrogens is 1. The van der Waals surface area contributed by atoms with Gasteiger partial charge in [0.2, 0.25) is 0 Å². The average Bonchev–Trinajstić information content (AvgIpc) is 2.46. The van der Waals surface area contributed by atoms with Gasteiger partial charge in [-0.05, 0) is 30.4 Å². The van der Waals surface area contributed by atoms with Crippen LogP contribution >= 0.6 is 0 Å². The van der Waals surface area contributed by atoms with Gasteiger partial charge in [0.05, 0.1) is 5.69 Å². The summed E-state index contributed by atoms with van der Waals surface area (Å²) >= 11 is 0. The van der Waals surface area contributed by atoms with Crippen molar-refractivity contribution in [2.45, 2.75) is 33.6 Å². The van der Waals surface area contributed by atoms with Crippen LogP contribution in [0.2, 0.25) is 0 Å². The van der Waals surface area contributed by atoms with E-state index >= 15 is 0 Å². The van der Waals surface area contributed by atoms with Crippen LogP contribution in [0, 0.1) is 5.92 Å². The Balaban J connectivity index is 2.90. The summed E-state index contributed by atoms with van der Waals surface area (Å²) in [4.78, 5) is 13.8. The standard InChI is InChI=1S/C11H17NO/c1-4-10-6-9(5-8(2)3)11(7-13)12-10/h6-8,12H,4-5H2,1-3H3. The molecule has 0 saturated heterocycles. The first-order valence-electron chi connectivity index (χ1n) is 4.83. The number of carbonyl (C=O) groups is 1. The summed E-state index contributed by atoms with van der Waals surface area (Å²) in [6, 6.07) is 2.10. The molecular formula is C11H17NO. The number of carbonyl (C=O) groups excluding carboxylic acids is 1. The fourth-order valence-corrected chi connectivity index (χ4v) is 1.48. The Kier molecular flexibility index (Phi) is 3.29. The van der Waals surface area contributed by atoms with Gasteiger partial charge in [0.1, 0.15) is 0 Å². The molecule has 0 amide bonds. The Morgan fingerprint density at radius 2 is 2.23 bits per heavy atom. The molecule has 1 aromatic rings. The number of nitrogens with one attached hydrogen (secondary N) is 1. The normalized spacial score (nSPS) is 10.8. The molecule has 1 rings (SSSR count). The molecule has 0 saturated carbocycles. The maximum absolute atomic E-state index is 10.7. The minimum Gasteiger partial charge on any atom is -0.356 e. The topological polar surface area (TPSA) is 32.9 Å². The largest absolute Gasteiger partial charge is 0.356 e. The summed E-state index contributed by atoms with van der Waals surface area (Å²) < 4.78 is 0. The fraction of sp³-hybridized carbons (Fsp3) is 0.545. The quantitative estimate of drug-likeness (QED) is 0.708. The van der Waals surface area contributed by atoms with Crippen molar-refractivity contribution in [2.24, 2.45) is 5.92 Å². The van der Waals surface area contributed by atoms with Gasteiger partial charge in [0.15, 0.2) is 6.29 Å². The molecule has 0 fully saturated rings. The third kappa shape index (κ3) is 2.44. The molecule has 0 aliphatic carbocycles. The lowest BCUT2D eigenvalue weighted by molar-refractivity contribution is 0.111. The number of aldehydes is 1. The summed E-state index contributed by atoms with van der Waals surface area (Å²) in [5, 5.41) is 0. The van der Waals surface area contributed by atoms with Gasteiger partial charge in [0.25, 0.3) is 0 Å². The lowest BCUT2D eigenvalue weighted by atomic mass is 10.0. The molecule has 0 aliphatic rings. The molecular weight excluding hydrogens is 162 g/mol. The molecule has 1 aromatic heterocycles. The zero-order valence-corrected chi connectivity index (χ0v) is 8.55. The first kappa shape index (κ1) is 10.0. The van der Waals surface area contributed by atoms with Crippen LogP contribution in [0.15, 0.2) is 6.07 Å². The summed E-state index contributed by atoms with van der Waals surface area (Å²) in [6.45, 7) is 6.40. The van der Waals surface area contributed by atoms with E-state index in [0.717, 1.165) is 36.1 Å². The Bertz CT molecular complexity index is 286. The van der Waals surface area contributed by atoms with Gasteiger partial charge in [-0.3, -0.25) is 4.79 Å². The molecule has 1 heterocycles. The Labute approximate surface area is 79.4 Å². The Morgan fingerprint density at radius 3 is 2.69 bits per heavy atom. The van der Waals surface area contributed by atoms with E-state index < -0.39 is 0 Å². The molecule has 0 bridgehead atoms. The second kappa shape index (κ2) is 4.26. The maximum atomic E-state index is 10.7. The molecule has 0 radical (unpaired) electrons. The fourth-order valence-electron chi connectivity index (χ4n) is 1.48. The summed E-state index contributed by atoms with van der Waals surface area (Å²) in [6.07, 6.45) is 2.85. The highest BCUT2D eigenvalue weighted by Crippen LogP contribution is 2.14. The van der Waals surface area contributed by atoms with Gasteiger partial charge < -0.3 is 4.98 Å². The van der Waals surface area contributed by atoms with Gasteiger partial charge in [-0.15, -0.1) is 0 Å². The molecule has 1 N–H and O–H groups in total. The van der Waals surface area contributed by atoms with E-state index in [2.05, 4.69) is 31.8 Å². The first-order valence-corrected chi connectivity index (χ1v) is 4.83. The Morgan fingerprint density at radius 1 is 1.54 bits per heavy atom. The van der Waals surface area contributed by atoms with Crippen molar-refractivity contribution in [1.82, 2.24) is 4.98 Å². The predicted octanol–water partition coefficient (Wildman–Crippen LogP) is 2.59. The van der Waals surface area contributed by atoms with Crippen LogP contribution in [0.4, 0.5) is 0 Å². The molecule has 2 nitrogen and oxygen atoms in total. The van der Waals surface area contributed by atoms with Crippen molar-refractivity contribution < 1.29 is 4.79 Å². The number of aryl methyl sites for hydroxylation is 1. The highest BCUT2D eigenvalue weighted by Gasteiger charge is 2.07. The van der Waals surface area contributed by atoms with Gasteiger partial charge >= 0.3 is 0 Å². The molecule has 0 aromatic carbocycles. The number of hydrogen-bond acceptors (Lipinski definition) is 1. The van der Waals surface area contributed by atoms with Gasteiger partial charge in [-0.1, -0.05) is 20.8 Å². The molecule has 13 heavy (non-hydrogen) atoms. The van der Waals surface area contributed by atoms with Crippen molar-refractivity contribution in [2.75, 3.05) is 0 Å². The lowest BCUT2D eigenvalue weighted by Crippen LogP contribution is -1.96.